The minimum Gasteiger partial charge on any atom is -0.491 e. The van der Waals surface area contributed by atoms with E-state index in [1.54, 1.807) is 36.1 Å². The van der Waals surface area contributed by atoms with Crippen LogP contribution in [0.5, 0.6) is 5.75 Å². The zero-order chi connectivity index (χ0) is 28.5. The Morgan fingerprint density at radius 3 is 2.70 bits per heavy atom. The van der Waals surface area contributed by atoms with Crippen LogP contribution in [0.1, 0.15) is 19.3 Å². The summed E-state index contributed by atoms with van der Waals surface area (Å²) in [5.41, 5.74) is 0.752. The number of aromatic nitrogens is 3. The second kappa shape index (κ2) is 11.3. The van der Waals surface area contributed by atoms with Crippen molar-refractivity contribution in [3.05, 3.63) is 42.9 Å². The molecule has 2 aromatic heterocycles. The highest BCUT2D eigenvalue weighted by atomic mass is 32.2. The molecule has 1 unspecified atom stereocenters. The molecule has 4 heterocycles. The van der Waals surface area contributed by atoms with Gasteiger partial charge in [-0.25, -0.2) is 31.5 Å². The van der Waals surface area contributed by atoms with Gasteiger partial charge >= 0.3 is 0 Å². The number of pyridine rings is 1. The first kappa shape index (κ1) is 28.9. The molecule has 15 heteroatoms. The van der Waals surface area contributed by atoms with E-state index >= 15 is 0 Å². The number of aliphatic hydroxyl groups excluding tert-OH is 1. The number of piperidine rings is 1. The Morgan fingerprint density at radius 1 is 1.18 bits per heavy atom. The van der Waals surface area contributed by atoms with Gasteiger partial charge in [0, 0.05) is 45.0 Å². The molecule has 1 aromatic carbocycles. The Hall–Kier alpha value is -2.66. The van der Waals surface area contributed by atoms with Crippen molar-refractivity contribution in [3.63, 3.8) is 0 Å². The molecule has 2 atom stereocenters. The largest absolute Gasteiger partial charge is 0.491 e. The summed E-state index contributed by atoms with van der Waals surface area (Å²) in [6, 6.07) is 7.69. The van der Waals surface area contributed by atoms with Crippen LogP contribution in [-0.2, 0) is 31.8 Å². The van der Waals surface area contributed by atoms with E-state index < -0.39 is 31.8 Å². The second-order valence-electron chi connectivity index (χ2n) is 10.2. The normalized spacial score (nSPS) is 20.7. The summed E-state index contributed by atoms with van der Waals surface area (Å²) >= 11 is 0. The number of fused-ring (bicyclic) bond motifs is 1. The van der Waals surface area contributed by atoms with Crippen LogP contribution in [0.25, 0.3) is 11.2 Å². The Bertz CT molecular complexity index is 1570. The highest BCUT2D eigenvalue weighted by Crippen LogP contribution is 2.37. The molecule has 0 saturated carbocycles. The fraction of sp³-hybridized carbons (Fsp3) is 0.520. The minimum absolute atomic E-state index is 0.0124. The minimum atomic E-state index is -3.70. The second-order valence-corrected chi connectivity index (χ2v) is 14.0. The van der Waals surface area contributed by atoms with Gasteiger partial charge < -0.3 is 24.5 Å². The van der Waals surface area contributed by atoms with E-state index in [9.17, 15) is 21.9 Å². The van der Waals surface area contributed by atoms with Crippen molar-refractivity contribution in [2.45, 2.75) is 46.8 Å². The Balaban J connectivity index is 1.09. The van der Waals surface area contributed by atoms with Crippen LogP contribution in [0.15, 0.2) is 52.6 Å². The highest BCUT2D eigenvalue weighted by Gasteiger charge is 2.44. The Kier molecular flexibility index (Phi) is 8.16. The van der Waals surface area contributed by atoms with Gasteiger partial charge in [-0.1, -0.05) is 6.07 Å². The van der Waals surface area contributed by atoms with E-state index in [1.165, 1.54) is 29.7 Å². The summed E-state index contributed by atoms with van der Waals surface area (Å²) in [5, 5.41) is 13.7. The first-order valence-corrected chi connectivity index (χ1v) is 15.9. The molecule has 3 aromatic rings. The topological polar surface area (TPSA) is 165 Å². The third kappa shape index (κ3) is 6.00. The zero-order valence-corrected chi connectivity index (χ0v) is 24.0. The molecule has 2 saturated heterocycles. The molecule has 2 fully saturated rings. The summed E-state index contributed by atoms with van der Waals surface area (Å²) in [4.78, 5) is 8.58. The molecule has 1 spiro atoms. The number of benzene rings is 1. The molecule has 13 nitrogen and oxygen atoms in total. The van der Waals surface area contributed by atoms with Crippen LogP contribution in [-0.4, -0.2) is 98.4 Å². The molecule has 0 radical (unpaired) electrons. The smallest absolute Gasteiger partial charge is 0.244 e. The van der Waals surface area contributed by atoms with E-state index in [0.29, 0.717) is 55.9 Å². The van der Waals surface area contributed by atoms with Crippen LogP contribution in [0.3, 0.4) is 0 Å². The van der Waals surface area contributed by atoms with Crippen LogP contribution >= 0.6 is 0 Å². The van der Waals surface area contributed by atoms with Gasteiger partial charge in [0.1, 0.15) is 23.4 Å². The maximum Gasteiger partial charge on any atom is 0.244 e. The highest BCUT2D eigenvalue weighted by molar-refractivity contribution is 7.89. The lowest BCUT2D eigenvalue weighted by atomic mass is 9.88. The Labute approximate surface area is 233 Å². The molecule has 40 heavy (non-hydrogen) atoms. The van der Waals surface area contributed by atoms with Crippen LogP contribution < -0.4 is 14.8 Å². The van der Waals surface area contributed by atoms with Gasteiger partial charge in [0.2, 0.25) is 20.0 Å². The lowest BCUT2D eigenvalue weighted by molar-refractivity contribution is -0.0312. The number of aryl methyl sites for hydroxylation is 1. The third-order valence-electron chi connectivity index (χ3n) is 7.50. The van der Waals surface area contributed by atoms with E-state index in [1.807, 2.05) is 0 Å². The standard InChI is InChI=1S/C25H34N6O7S2/c1-26-39(33,34)21-5-3-4-20(10-21)37-16-19(32)13-27-18-12-25(38-15-18)6-8-31(9-7-25)40(35,36)22-11-23-24(28-14-22)29-17-30(23)2/h3-5,10-11,14,17-19,26-27,32H,6-9,12-13,15-16H2,1-2H3/t18-,19?/m1/s1. The summed E-state index contributed by atoms with van der Waals surface area (Å²) in [6.07, 6.45) is 3.99. The van der Waals surface area contributed by atoms with Crippen LogP contribution in [0.4, 0.5) is 0 Å². The number of rotatable bonds is 10. The number of hydrogen-bond donors (Lipinski definition) is 3. The van der Waals surface area contributed by atoms with E-state index in [-0.39, 0.29) is 29.0 Å². The van der Waals surface area contributed by atoms with Gasteiger partial charge in [0.05, 0.1) is 28.9 Å². The maximum atomic E-state index is 13.3. The van der Waals surface area contributed by atoms with Crippen molar-refractivity contribution in [2.24, 2.45) is 7.05 Å². The van der Waals surface area contributed by atoms with Gasteiger partial charge in [-0.2, -0.15) is 4.31 Å². The van der Waals surface area contributed by atoms with Gasteiger partial charge in [0.15, 0.2) is 5.65 Å². The van der Waals surface area contributed by atoms with Crippen LogP contribution in [0.2, 0.25) is 0 Å². The Morgan fingerprint density at radius 2 is 1.95 bits per heavy atom. The average molecular weight is 595 g/mol. The van der Waals surface area contributed by atoms with Gasteiger partial charge in [-0.15, -0.1) is 0 Å². The summed E-state index contributed by atoms with van der Waals surface area (Å²) in [5.74, 6) is 0.344. The molecule has 3 N–H and O–H groups in total. The first-order chi connectivity index (χ1) is 19.0. The summed E-state index contributed by atoms with van der Waals surface area (Å²) in [6.45, 7) is 1.41. The molecule has 2 aliphatic heterocycles. The van der Waals surface area contributed by atoms with Crippen molar-refractivity contribution in [3.8, 4) is 5.75 Å². The van der Waals surface area contributed by atoms with Gasteiger partial charge in [0.25, 0.3) is 0 Å². The SMILES string of the molecule is CNS(=O)(=O)c1cccc(OCC(O)CN[C@H]2COC3(CCN(S(=O)(=O)c4cnc5ncn(C)c5c4)CC3)C2)c1. The number of aliphatic hydroxyl groups is 1. The molecular weight excluding hydrogens is 560 g/mol. The van der Waals surface area contributed by atoms with Gasteiger partial charge in [-0.05, 0) is 44.5 Å². The number of ether oxygens (including phenoxy) is 2. The van der Waals surface area contributed by atoms with Crippen molar-refractivity contribution in [2.75, 3.05) is 39.9 Å². The fourth-order valence-corrected chi connectivity index (χ4v) is 7.31. The average Bonchev–Trinajstić information content (AvgIpc) is 3.53. The van der Waals surface area contributed by atoms with Crippen molar-refractivity contribution >= 4 is 31.2 Å². The van der Waals surface area contributed by atoms with Crippen molar-refractivity contribution in [1.29, 1.82) is 0 Å². The maximum absolute atomic E-state index is 13.3. The van der Waals surface area contributed by atoms with E-state index in [0.717, 1.165) is 0 Å². The molecule has 0 amide bonds. The molecule has 2 aliphatic rings. The third-order valence-corrected chi connectivity index (χ3v) is 10.8. The fourth-order valence-electron chi connectivity index (χ4n) is 5.14. The van der Waals surface area contributed by atoms with E-state index in [4.69, 9.17) is 9.47 Å². The number of nitrogens with zero attached hydrogens (tertiary/aromatic N) is 4. The predicted molar refractivity (Wildman–Crippen MR) is 146 cm³/mol. The molecule has 0 aliphatic carbocycles. The lowest BCUT2D eigenvalue weighted by Gasteiger charge is -2.38. The quantitative estimate of drug-likeness (QED) is 0.296. The number of imidazole rings is 1. The number of sulfonamides is 2. The predicted octanol–water partition coefficient (Wildman–Crippen LogP) is 0.218. The van der Waals surface area contributed by atoms with Crippen LogP contribution in [0, 0.1) is 0 Å². The summed E-state index contributed by atoms with van der Waals surface area (Å²) in [7, 11) is -4.15. The molecule has 218 valence electrons. The van der Waals surface area contributed by atoms with E-state index in [2.05, 4.69) is 20.0 Å². The first-order valence-electron chi connectivity index (χ1n) is 13.0. The zero-order valence-electron chi connectivity index (χ0n) is 22.4. The number of nitrogens with one attached hydrogen (secondary N) is 2. The molecular formula is C25H34N6O7S2. The van der Waals surface area contributed by atoms with Crippen molar-refractivity contribution in [1.82, 2.24) is 28.9 Å². The van der Waals surface area contributed by atoms with Gasteiger partial charge in [-0.3, -0.25) is 0 Å². The molecule has 0 bridgehead atoms. The monoisotopic (exact) mass is 594 g/mol. The summed E-state index contributed by atoms with van der Waals surface area (Å²) < 4.78 is 67.7. The van der Waals surface area contributed by atoms with Crippen molar-refractivity contribution < 1.29 is 31.4 Å². The number of hydrogen-bond acceptors (Lipinski definition) is 10. The lowest BCUT2D eigenvalue weighted by Crippen LogP contribution is -2.47. The molecule has 5 rings (SSSR count).